The van der Waals surface area contributed by atoms with Gasteiger partial charge < -0.3 is 9.84 Å². The van der Waals surface area contributed by atoms with E-state index in [-0.39, 0.29) is 6.42 Å². The van der Waals surface area contributed by atoms with Crippen LogP contribution in [0.1, 0.15) is 26.2 Å². The van der Waals surface area contributed by atoms with Crippen LogP contribution in [0.5, 0.6) is 0 Å². The van der Waals surface area contributed by atoms with Crippen molar-refractivity contribution >= 4 is 5.97 Å². The largest absolute Gasteiger partial charge is 0.481 e. The Morgan fingerprint density at radius 1 is 1.64 bits per heavy atom. The van der Waals surface area contributed by atoms with Crippen molar-refractivity contribution in [3.63, 3.8) is 0 Å². The second-order valence-electron chi connectivity index (χ2n) is 3.70. The predicted molar refractivity (Wildman–Crippen MR) is 53.3 cm³/mol. The Morgan fingerprint density at radius 3 is 3.07 bits per heavy atom. The molecule has 0 radical (unpaired) electrons. The van der Waals surface area contributed by atoms with E-state index in [1.807, 2.05) is 0 Å². The molecule has 0 saturated carbocycles. The number of hydrogen-bond acceptors (Lipinski definition) is 3. The van der Waals surface area contributed by atoms with Gasteiger partial charge in [0.15, 0.2) is 0 Å². The molecule has 1 atom stereocenters. The summed E-state index contributed by atoms with van der Waals surface area (Å²) < 4.78 is 5.53. The van der Waals surface area contributed by atoms with Gasteiger partial charge in [-0.05, 0) is 19.4 Å². The monoisotopic (exact) mass is 201 g/mol. The summed E-state index contributed by atoms with van der Waals surface area (Å²) in [6.07, 6.45) is 2.39. The van der Waals surface area contributed by atoms with Gasteiger partial charge in [0.05, 0.1) is 12.7 Å². The molecule has 1 saturated heterocycles. The van der Waals surface area contributed by atoms with Gasteiger partial charge in [0.2, 0.25) is 0 Å². The first-order valence-electron chi connectivity index (χ1n) is 5.28. The zero-order valence-electron chi connectivity index (χ0n) is 8.74. The minimum atomic E-state index is -0.703. The van der Waals surface area contributed by atoms with E-state index >= 15 is 0 Å². The van der Waals surface area contributed by atoms with Gasteiger partial charge >= 0.3 is 5.97 Å². The predicted octanol–water partition coefficient (Wildman–Crippen LogP) is 0.962. The molecule has 0 aromatic heterocycles. The molecule has 14 heavy (non-hydrogen) atoms. The fourth-order valence-electron chi connectivity index (χ4n) is 1.68. The van der Waals surface area contributed by atoms with E-state index in [1.54, 1.807) is 0 Å². The molecule has 1 heterocycles. The highest BCUT2D eigenvalue weighted by atomic mass is 16.5. The Morgan fingerprint density at radius 2 is 2.43 bits per heavy atom. The summed E-state index contributed by atoms with van der Waals surface area (Å²) >= 11 is 0. The fraction of sp³-hybridized carbons (Fsp3) is 0.900. The molecular weight excluding hydrogens is 182 g/mol. The Labute approximate surface area is 84.8 Å². The highest BCUT2D eigenvalue weighted by molar-refractivity contribution is 5.66. The summed E-state index contributed by atoms with van der Waals surface area (Å²) in [6.45, 7) is 5.68. The van der Waals surface area contributed by atoms with Crippen LogP contribution >= 0.6 is 0 Å². The van der Waals surface area contributed by atoms with Crippen molar-refractivity contribution in [1.82, 2.24) is 4.90 Å². The quantitative estimate of drug-likeness (QED) is 0.720. The van der Waals surface area contributed by atoms with Crippen LogP contribution in [-0.2, 0) is 9.53 Å². The summed E-state index contributed by atoms with van der Waals surface area (Å²) in [5.74, 6) is -0.703. The number of rotatable bonds is 5. The minimum Gasteiger partial charge on any atom is -0.481 e. The van der Waals surface area contributed by atoms with Gasteiger partial charge in [0.1, 0.15) is 0 Å². The topological polar surface area (TPSA) is 49.8 Å². The molecular formula is C10H19NO3. The summed E-state index contributed by atoms with van der Waals surface area (Å²) in [7, 11) is 0. The average Bonchev–Trinajstić information content (AvgIpc) is 2.18. The molecule has 1 aliphatic rings. The Kier molecular flexibility index (Phi) is 4.90. The van der Waals surface area contributed by atoms with Crippen LogP contribution in [0.3, 0.4) is 0 Å². The van der Waals surface area contributed by atoms with Crippen LogP contribution in [0, 0.1) is 0 Å². The lowest BCUT2D eigenvalue weighted by molar-refractivity contribution is -0.137. The van der Waals surface area contributed by atoms with Crippen molar-refractivity contribution in [2.75, 3.05) is 26.2 Å². The Bertz CT molecular complexity index is 184. The lowest BCUT2D eigenvalue weighted by Crippen LogP contribution is -2.42. The summed E-state index contributed by atoms with van der Waals surface area (Å²) in [5, 5.41) is 8.50. The zero-order valence-corrected chi connectivity index (χ0v) is 8.74. The van der Waals surface area contributed by atoms with Crippen LogP contribution < -0.4 is 0 Å². The maximum Gasteiger partial charge on any atom is 0.303 e. The fourth-order valence-corrected chi connectivity index (χ4v) is 1.68. The first kappa shape index (κ1) is 11.5. The van der Waals surface area contributed by atoms with Crippen LogP contribution in [-0.4, -0.2) is 48.3 Å². The van der Waals surface area contributed by atoms with Crippen LogP contribution in [0.2, 0.25) is 0 Å². The van der Waals surface area contributed by atoms with Crippen molar-refractivity contribution in [2.24, 2.45) is 0 Å². The summed E-state index contributed by atoms with van der Waals surface area (Å²) in [5.41, 5.74) is 0. The van der Waals surface area contributed by atoms with E-state index in [0.29, 0.717) is 6.10 Å². The van der Waals surface area contributed by atoms with Gasteiger partial charge in [-0.2, -0.15) is 0 Å². The van der Waals surface area contributed by atoms with Crippen molar-refractivity contribution in [3.05, 3.63) is 0 Å². The van der Waals surface area contributed by atoms with Crippen molar-refractivity contribution in [1.29, 1.82) is 0 Å². The normalized spacial score (nSPS) is 23.6. The maximum atomic E-state index is 10.3. The second kappa shape index (κ2) is 5.98. The molecule has 4 nitrogen and oxygen atoms in total. The van der Waals surface area contributed by atoms with E-state index in [2.05, 4.69) is 11.8 Å². The first-order chi connectivity index (χ1) is 6.72. The molecule has 0 aromatic rings. The van der Waals surface area contributed by atoms with Crippen molar-refractivity contribution < 1.29 is 14.6 Å². The lowest BCUT2D eigenvalue weighted by Gasteiger charge is -2.32. The van der Waals surface area contributed by atoms with Gasteiger partial charge in [-0.3, -0.25) is 9.69 Å². The molecule has 0 spiro atoms. The van der Waals surface area contributed by atoms with Gasteiger partial charge in [-0.1, -0.05) is 6.92 Å². The van der Waals surface area contributed by atoms with Gasteiger partial charge in [0.25, 0.3) is 0 Å². The zero-order chi connectivity index (χ0) is 10.4. The van der Waals surface area contributed by atoms with E-state index in [9.17, 15) is 4.79 Å². The third kappa shape index (κ3) is 4.07. The molecule has 1 unspecified atom stereocenters. The number of carboxylic acids is 1. The molecule has 1 N–H and O–H groups in total. The second-order valence-corrected chi connectivity index (χ2v) is 3.70. The number of carbonyl (C=O) groups is 1. The number of morpholine rings is 1. The van der Waals surface area contributed by atoms with Crippen LogP contribution in [0.25, 0.3) is 0 Å². The van der Waals surface area contributed by atoms with Crippen molar-refractivity contribution in [2.45, 2.75) is 32.3 Å². The Balaban J connectivity index is 2.14. The first-order valence-corrected chi connectivity index (χ1v) is 5.28. The molecule has 4 heteroatoms. The standard InChI is InChI=1S/C10H19NO3/c1-2-9-8-11(6-7-14-9)5-3-4-10(12)13/h9H,2-8H2,1H3,(H,12,13). The highest BCUT2D eigenvalue weighted by Gasteiger charge is 2.18. The summed E-state index contributed by atoms with van der Waals surface area (Å²) in [6, 6.07) is 0. The summed E-state index contributed by atoms with van der Waals surface area (Å²) in [4.78, 5) is 12.6. The number of carboxylic acid groups (broad SMARTS) is 1. The molecule has 0 bridgehead atoms. The molecule has 1 rings (SSSR count). The smallest absolute Gasteiger partial charge is 0.303 e. The maximum absolute atomic E-state index is 10.3. The SMILES string of the molecule is CCC1CN(CCCC(=O)O)CCO1. The van der Waals surface area contributed by atoms with Gasteiger partial charge in [-0.15, -0.1) is 0 Å². The van der Waals surface area contributed by atoms with E-state index in [0.717, 1.165) is 39.1 Å². The lowest BCUT2D eigenvalue weighted by atomic mass is 10.2. The molecule has 0 aromatic carbocycles. The minimum absolute atomic E-state index is 0.272. The van der Waals surface area contributed by atoms with Gasteiger partial charge in [-0.25, -0.2) is 0 Å². The highest BCUT2D eigenvalue weighted by Crippen LogP contribution is 2.08. The van der Waals surface area contributed by atoms with Crippen LogP contribution in [0.4, 0.5) is 0 Å². The molecule has 0 amide bonds. The van der Waals surface area contributed by atoms with Gasteiger partial charge in [0, 0.05) is 19.5 Å². The third-order valence-electron chi connectivity index (χ3n) is 2.54. The number of ether oxygens (including phenoxy) is 1. The average molecular weight is 201 g/mol. The third-order valence-corrected chi connectivity index (χ3v) is 2.54. The molecule has 1 aliphatic heterocycles. The van der Waals surface area contributed by atoms with E-state index in [4.69, 9.17) is 9.84 Å². The van der Waals surface area contributed by atoms with E-state index in [1.165, 1.54) is 0 Å². The number of aliphatic carboxylic acids is 1. The number of hydrogen-bond donors (Lipinski definition) is 1. The molecule has 82 valence electrons. The van der Waals surface area contributed by atoms with Crippen molar-refractivity contribution in [3.8, 4) is 0 Å². The van der Waals surface area contributed by atoms with E-state index < -0.39 is 5.97 Å². The van der Waals surface area contributed by atoms with Crippen LogP contribution in [0.15, 0.2) is 0 Å². The molecule has 1 fully saturated rings. The Hall–Kier alpha value is -0.610. The number of nitrogens with zero attached hydrogens (tertiary/aromatic N) is 1. The molecule has 0 aliphatic carbocycles.